The monoisotopic (exact) mass is 338 g/mol. The van der Waals surface area contributed by atoms with Crippen LogP contribution in [-0.2, 0) is 0 Å². The van der Waals surface area contributed by atoms with Gasteiger partial charge in [-0.15, -0.1) is 11.3 Å². The third-order valence-electron chi connectivity index (χ3n) is 4.87. The first-order valence-corrected chi connectivity index (χ1v) is 9.10. The molecule has 1 aliphatic rings. The van der Waals surface area contributed by atoms with Crippen LogP contribution in [0.4, 0.5) is 4.39 Å². The molecule has 1 heterocycles. The minimum absolute atomic E-state index is 0.105. The van der Waals surface area contributed by atoms with Gasteiger partial charge >= 0.3 is 0 Å². The lowest BCUT2D eigenvalue weighted by atomic mass is 9.86. The molecular weight excluding hydrogens is 315 g/mol. The molecule has 124 valence electrons. The molecule has 0 N–H and O–H groups in total. The fourth-order valence-corrected chi connectivity index (χ4v) is 4.48. The van der Waals surface area contributed by atoms with Crippen LogP contribution in [0, 0.1) is 33.5 Å². The molecule has 2 heteroatoms. The Morgan fingerprint density at radius 1 is 1.17 bits per heavy atom. The molecule has 0 spiro atoms. The highest BCUT2D eigenvalue weighted by Crippen LogP contribution is 2.38. The Bertz CT molecular complexity index is 864. The summed E-state index contributed by atoms with van der Waals surface area (Å²) in [5.41, 5.74) is 6.56. The fourth-order valence-electron chi connectivity index (χ4n) is 3.39. The molecule has 1 unspecified atom stereocenters. The lowest BCUT2D eigenvalue weighted by Gasteiger charge is -2.19. The lowest BCUT2D eigenvalue weighted by Crippen LogP contribution is -2.03. The van der Waals surface area contributed by atoms with E-state index < -0.39 is 0 Å². The highest BCUT2D eigenvalue weighted by atomic mass is 32.1. The summed E-state index contributed by atoms with van der Waals surface area (Å²) in [5, 5.41) is 0. The molecule has 1 aromatic heterocycles. The summed E-state index contributed by atoms with van der Waals surface area (Å²) >= 11 is 1.83. The zero-order chi connectivity index (χ0) is 17.4. The highest BCUT2D eigenvalue weighted by molar-refractivity contribution is 7.12. The summed E-state index contributed by atoms with van der Waals surface area (Å²) < 4.78 is 14.2. The van der Waals surface area contributed by atoms with E-state index in [-0.39, 0.29) is 11.7 Å². The maximum atomic E-state index is 14.2. The van der Waals surface area contributed by atoms with Gasteiger partial charge < -0.3 is 0 Å². The number of rotatable bonds is 3. The fraction of sp³-hybridized carbons (Fsp3) is 0.273. The van der Waals surface area contributed by atoms with Gasteiger partial charge in [0.15, 0.2) is 0 Å². The molecule has 0 nitrogen and oxygen atoms in total. The van der Waals surface area contributed by atoms with Gasteiger partial charge in [-0.3, -0.25) is 0 Å². The number of hydrogen-bond donors (Lipinski definition) is 0. The molecule has 1 aromatic carbocycles. The van der Waals surface area contributed by atoms with Crippen LogP contribution in [0.25, 0.3) is 5.57 Å². The third-order valence-corrected chi connectivity index (χ3v) is 5.99. The van der Waals surface area contributed by atoms with E-state index in [4.69, 9.17) is 0 Å². The topological polar surface area (TPSA) is 0 Å². The number of thiophene rings is 1. The molecule has 0 radical (unpaired) electrons. The molecule has 0 saturated carbocycles. The van der Waals surface area contributed by atoms with Gasteiger partial charge in [0.05, 0.1) is 0 Å². The largest absolute Gasteiger partial charge is 0.207 e. The summed E-state index contributed by atoms with van der Waals surface area (Å²) in [6.07, 6.45) is 7.21. The number of hydrogen-bond acceptors (Lipinski definition) is 1. The highest BCUT2D eigenvalue weighted by Gasteiger charge is 2.19. The molecule has 24 heavy (non-hydrogen) atoms. The predicted octanol–water partition coefficient (Wildman–Crippen LogP) is 6.80. The smallest absolute Gasteiger partial charge is 0.127 e. The van der Waals surface area contributed by atoms with Crippen LogP contribution in [0.2, 0.25) is 0 Å². The van der Waals surface area contributed by atoms with Crippen molar-refractivity contribution in [2.24, 2.45) is 0 Å². The Hall–Kier alpha value is -1.93. The molecule has 2 aromatic rings. The SMILES string of the molecule is C=C(C1=CCC(c2ccc(C)cc2F)C=C1)c1c(C)sc(C)c1C. The van der Waals surface area contributed by atoms with Crippen molar-refractivity contribution < 1.29 is 4.39 Å². The van der Waals surface area contributed by atoms with Crippen LogP contribution >= 0.6 is 11.3 Å². The van der Waals surface area contributed by atoms with E-state index in [2.05, 4.69) is 45.6 Å². The maximum Gasteiger partial charge on any atom is 0.127 e. The van der Waals surface area contributed by atoms with E-state index in [0.29, 0.717) is 0 Å². The van der Waals surface area contributed by atoms with Gasteiger partial charge in [-0.1, -0.05) is 36.9 Å². The van der Waals surface area contributed by atoms with E-state index in [1.54, 1.807) is 6.07 Å². The zero-order valence-corrected chi connectivity index (χ0v) is 15.6. The molecule has 1 aliphatic carbocycles. The first-order chi connectivity index (χ1) is 11.4. The second-order valence-corrected chi connectivity index (χ2v) is 8.01. The van der Waals surface area contributed by atoms with E-state index in [1.807, 2.05) is 30.4 Å². The quantitative estimate of drug-likeness (QED) is 0.577. The summed E-state index contributed by atoms with van der Waals surface area (Å²) in [4.78, 5) is 2.67. The van der Waals surface area contributed by atoms with Crippen molar-refractivity contribution in [3.63, 3.8) is 0 Å². The van der Waals surface area contributed by atoms with Crippen LogP contribution in [0.15, 0.2) is 48.6 Å². The van der Waals surface area contributed by atoms with Gasteiger partial charge in [0.25, 0.3) is 0 Å². The molecule has 0 bridgehead atoms. The van der Waals surface area contributed by atoms with Crippen molar-refractivity contribution >= 4 is 16.9 Å². The normalized spacial score (nSPS) is 17.0. The number of halogens is 1. The Balaban J connectivity index is 1.83. The summed E-state index contributed by atoms with van der Waals surface area (Å²) in [7, 11) is 0. The molecule has 0 aliphatic heterocycles. The third kappa shape index (κ3) is 3.03. The van der Waals surface area contributed by atoms with Crippen molar-refractivity contribution in [3.05, 3.63) is 86.4 Å². The molecule has 1 atom stereocenters. The van der Waals surface area contributed by atoms with Gasteiger partial charge in [0.1, 0.15) is 5.82 Å². The van der Waals surface area contributed by atoms with Gasteiger partial charge in [0, 0.05) is 15.7 Å². The van der Waals surface area contributed by atoms with Gasteiger partial charge in [-0.25, -0.2) is 4.39 Å². The predicted molar refractivity (Wildman–Crippen MR) is 103 cm³/mol. The summed E-state index contributed by atoms with van der Waals surface area (Å²) in [6.45, 7) is 12.7. The first kappa shape index (κ1) is 16.9. The van der Waals surface area contributed by atoms with Crippen molar-refractivity contribution in [3.8, 4) is 0 Å². The van der Waals surface area contributed by atoms with Gasteiger partial charge in [-0.05, 0) is 73.6 Å². The Labute approximate surface area is 148 Å². The van der Waals surface area contributed by atoms with E-state index in [1.165, 1.54) is 20.9 Å². The van der Waals surface area contributed by atoms with Crippen LogP contribution in [0.3, 0.4) is 0 Å². The average Bonchev–Trinajstić information content (AvgIpc) is 2.80. The number of allylic oxidation sites excluding steroid dienone is 5. The minimum Gasteiger partial charge on any atom is -0.207 e. The Morgan fingerprint density at radius 2 is 1.92 bits per heavy atom. The Morgan fingerprint density at radius 3 is 2.46 bits per heavy atom. The standard InChI is InChI=1S/C22H23FS/c1-13-6-11-20(21(23)12-13)19-9-7-18(8-10-19)15(3)22-14(2)16(4)24-17(22)5/h6-9,11-12,19H,3,10H2,1-2,4-5H3. The first-order valence-electron chi connectivity index (χ1n) is 8.29. The van der Waals surface area contributed by atoms with Crippen LogP contribution in [-0.4, -0.2) is 0 Å². The second-order valence-electron chi connectivity index (χ2n) is 6.58. The molecular formula is C22H23FS. The van der Waals surface area contributed by atoms with E-state index >= 15 is 0 Å². The van der Waals surface area contributed by atoms with Crippen molar-refractivity contribution in [2.45, 2.75) is 40.0 Å². The van der Waals surface area contributed by atoms with Crippen molar-refractivity contribution in [2.75, 3.05) is 0 Å². The summed E-state index contributed by atoms with van der Waals surface area (Å²) in [6, 6.07) is 5.50. The number of aryl methyl sites for hydroxylation is 3. The van der Waals surface area contributed by atoms with E-state index in [0.717, 1.165) is 28.7 Å². The average molecular weight is 338 g/mol. The van der Waals surface area contributed by atoms with Crippen LogP contribution < -0.4 is 0 Å². The molecule has 3 rings (SSSR count). The van der Waals surface area contributed by atoms with Crippen LogP contribution in [0.5, 0.6) is 0 Å². The van der Waals surface area contributed by atoms with Crippen molar-refractivity contribution in [1.82, 2.24) is 0 Å². The number of benzene rings is 1. The second kappa shape index (κ2) is 6.52. The maximum absolute atomic E-state index is 14.2. The summed E-state index contributed by atoms with van der Waals surface area (Å²) in [5.74, 6) is -0.00553. The molecule has 0 amide bonds. The molecule has 0 saturated heterocycles. The Kier molecular flexibility index (Phi) is 4.60. The lowest BCUT2D eigenvalue weighted by molar-refractivity contribution is 0.598. The minimum atomic E-state index is -0.111. The zero-order valence-electron chi connectivity index (χ0n) is 14.7. The van der Waals surface area contributed by atoms with E-state index in [9.17, 15) is 4.39 Å². The van der Waals surface area contributed by atoms with Crippen LogP contribution in [0.1, 0.15) is 44.3 Å². The van der Waals surface area contributed by atoms with Gasteiger partial charge in [0.2, 0.25) is 0 Å². The van der Waals surface area contributed by atoms with Gasteiger partial charge in [-0.2, -0.15) is 0 Å². The molecule has 0 fully saturated rings. The van der Waals surface area contributed by atoms with Crippen molar-refractivity contribution in [1.29, 1.82) is 0 Å².